The van der Waals surface area contributed by atoms with Crippen LogP contribution in [0.4, 0.5) is 17.6 Å². The van der Waals surface area contributed by atoms with Gasteiger partial charge in [0.25, 0.3) is 0 Å². The summed E-state index contributed by atoms with van der Waals surface area (Å²) in [4.78, 5) is 12.5. The highest BCUT2D eigenvalue weighted by molar-refractivity contribution is 5.98. The number of halogens is 4. The largest absolute Gasteiger partial charge is 0.573 e. The molecule has 0 bridgehead atoms. The normalized spacial score (nSPS) is 12.6. The molecular weight excluding hydrogens is 388 g/mol. The van der Waals surface area contributed by atoms with Crippen LogP contribution in [0.25, 0.3) is 0 Å². The zero-order valence-corrected chi connectivity index (χ0v) is 15.7. The highest BCUT2D eigenvalue weighted by Gasteiger charge is 2.31. The van der Waals surface area contributed by atoms with Crippen LogP contribution in [0.3, 0.4) is 0 Å². The van der Waals surface area contributed by atoms with E-state index in [1.807, 2.05) is 31.2 Å². The maximum Gasteiger partial charge on any atom is 0.573 e. The van der Waals surface area contributed by atoms with Crippen molar-refractivity contribution >= 4 is 5.78 Å². The molecule has 1 aromatic heterocycles. The quantitative estimate of drug-likeness (QED) is 0.410. The first-order valence-corrected chi connectivity index (χ1v) is 8.76. The third-order valence-electron chi connectivity index (χ3n) is 4.32. The first kappa shape index (κ1) is 20.6. The number of hydrogen-bond acceptors (Lipinski definition) is 3. The number of benzene rings is 2. The number of rotatable bonds is 6. The Kier molecular flexibility index (Phi) is 5.72. The van der Waals surface area contributed by atoms with Gasteiger partial charge in [-0.1, -0.05) is 42.0 Å². The van der Waals surface area contributed by atoms with Gasteiger partial charge in [0.15, 0.2) is 6.17 Å². The first-order chi connectivity index (χ1) is 13.6. The number of nitrogens with zero attached hydrogens (tertiary/aromatic N) is 2. The molecule has 3 rings (SSSR count). The van der Waals surface area contributed by atoms with Gasteiger partial charge in [0, 0.05) is 5.69 Å². The Morgan fingerprint density at radius 3 is 2.28 bits per heavy atom. The van der Waals surface area contributed by atoms with Crippen molar-refractivity contribution in [3.63, 3.8) is 0 Å². The lowest BCUT2D eigenvalue weighted by Crippen LogP contribution is -2.17. The van der Waals surface area contributed by atoms with Crippen molar-refractivity contribution in [3.05, 3.63) is 82.7 Å². The second-order valence-electron chi connectivity index (χ2n) is 6.66. The van der Waals surface area contributed by atoms with Crippen LogP contribution in [0, 0.1) is 13.8 Å². The lowest BCUT2D eigenvalue weighted by atomic mass is 10.0. The van der Waals surface area contributed by atoms with E-state index in [0.29, 0.717) is 12.2 Å². The van der Waals surface area contributed by atoms with Crippen LogP contribution in [0.15, 0.2) is 54.6 Å². The molecule has 1 unspecified atom stereocenters. The van der Waals surface area contributed by atoms with Crippen LogP contribution in [0.5, 0.6) is 5.75 Å². The Morgan fingerprint density at radius 2 is 1.69 bits per heavy atom. The zero-order valence-electron chi connectivity index (χ0n) is 15.7. The van der Waals surface area contributed by atoms with E-state index in [1.54, 1.807) is 11.6 Å². The smallest absolute Gasteiger partial charge is 0.406 e. The van der Waals surface area contributed by atoms with E-state index >= 15 is 0 Å². The number of ether oxygens (including phenoxy) is 1. The van der Waals surface area contributed by atoms with Crippen molar-refractivity contribution in [1.82, 2.24) is 9.78 Å². The van der Waals surface area contributed by atoms with Crippen LogP contribution in [-0.2, 0) is 6.54 Å². The maximum atomic E-state index is 14.6. The monoisotopic (exact) mass is 406 g/mol. The van der Waals surface area contributed by atoms with E-state index in [9.17, 15) is 22.4 Å². The predicted molar refractivity (Wildman–Crippen MR) is 98.5 cm³/mol. The molecular formula is C21H18F4N2O2. The summed E-state index contributed by atoms with van der Waals surface area (Å²) in [7, 11) is 0. The Bertz CT molecular complexity index is 993. The molecule has 1 heterocycles. The summed E-state index contributed by atoms with van der Waals surface area (Å²) in [6.45, 7) is 4.16. The van der Waals surface area contributed by atoms with E-state index in [0.717, 1.165) is 35.4 Å². The highest BCUT2D eigenvalue weighted by Crippen LogP contribution is 2.27. The third kappa shape index (κ3) is 5.22. The predicted octanol–water partition coefficient (Wildman–Crippen LogP) is 5.34. The molecule has 0 aliphatic carbocycles. The fourth-order valence-corrected chi connectivity index (χ4v) is 2.78. The minimum absolute atomic E-state index is 0.0438. The Balaban J connectivity index is 1.73. The Labute approximate surface area is 164 Å². The van der Waals surface area contributed by atoms with E-state index < -0.39 is 24.1 Å². The molecule has 0 saturated heterocycles. The average molecular weight is 406 g/mol. The van der Waals surface area contributed by atoms with Crippen molar-refractivity contribution < 1.29 is 27.1 Å². The summed E-state index contributed by atoms with van der Waals surface area (Å²) in [5.74, 6) is -1.35. The number of Topliss-reactive ketones (excluding diaryl/α,β-unsaturated/α-hetero) is 1. The number of aromatic nitrogens is 2. The lowest BCUT2D eigenvalue weighted by molar-refractivity contribution is -0.274. The van der Waals surface area contributed by atoms with Crippen LogP contribution in [0.1, 0.15) is 39.0 Å². The number of aryl methyl sites for hydroxylation is 2. The van der Waals surface area contributed by atoms with E-state index in [1.165, 1.54) is 6.07 Å². The number of carbonyl (C=O) groups is 1. The van der Waals surface area contributed by atoms with Crippen molar-refractivity contribution in [2.75, 3.05) is 0 Å². The summed E-state index contributed by atoms with van der Waals surface area (Å²) in [5, 5.41) is 4.19. The zero-order chi connectivity index (χ0) is 21.2. The topological polar surface area (TPSA) is 44.1 Å². The second kappa shape index (κ2) is 8.06. The molecule has 8 heteroatoms. The molecule has 0 spiro atoms. The number of alkyl halides is 4. The molecule has 4 nitrogen and oxygen atoms in total. The van der Waals surface area contributed by atoms with Crippen molar-refractivity contribution in [2.24, 2.45) is 0 Å². The molecule has 1 atom stereocenters. The summed E-state index contributed by atoms with van der Waals surface area (Å²) < 4.78 is 56.6. The SMILES string of the molecule is Cc1ccc(Cn2nc(C(=O)C(F)c3ccc(OC(F)(F)F)cc3)cc2C)cc1. The fraction of sp³-hybridized carbons (Fsp3) is 0.238. The molecule has 2 aromatic carbocycles. The van der Waals surface area contributed by atoms with Gasteiger partial charge in [0.2, 0.25) is 5.78 Å². The maximum absolute atomic E-state index is 14.6. The number of carbonyl (C=O) groups excluding carboxylic acids is 1. The molecule has 0 fully saturated rings. The standard InChI is InChI=1S/C21H18F4N2O2/c1-13-3-5-15(6-4-13)12-27-14(2)11-18(26-27)20(28)19(22)16-7-9-17(10-8-16)29-21(23,24)25/h3-11,19H,12H2,1-2H3. The summed E-state index contributed by atoms with van der Waals surface area (Å²) in [6, 6.07) is 13.4. The second-order valence-corrected chi connectivity index (χ2v) is 6.66. The summed E-state index contributed by atoms with van der Waals surface area (Å²) in [6.07, 6.45) is -6.88. The molecule has 0 aliphatic heterocycles. The van der Waals surface area contributed by atoms with E-state index in [-0.39, 0.29) is 11.3 Å². The minimum atomic E-state index is -4.84. The van der Waals surface area contributed by atoms with Crippen LogP contribution >= 0.6 is 0 Å². The van der Waals surface area contributed by atoms with Gasteiger partial charge >= 0.3 is 6.36 Å². The van der Waals surface area contributed by atoms with Gasteiger partial charge in [0.1, 0.15) is 11.4 Å². The molecule has 152 valence electrons. The fourth-order valence-electron chi connectivity index (χ4n) is 2.78. The van der Waals surface area contributed by atoms with Gasteiger partial charge < -0.3 is 4.74 Å². The van der Waals surface area contributed by atoms with Gasteiger partial charge in [-0.15, -0.1) is 13.2 Å². The first-order valence-electron chi connectivity index (χ1n) is 8.76. The molecule has 0 radical (unpaired) electrons. The molecule has 29 heavy (non-hydrogen) atoms. The molecule has 0 saturated carbocycles. The number of hydrogen-bond donors (Lipinski definition) is 0. The third-order valence-corrected chi connectivity index (χ3v) is 4.32. The minimum Gasteiger partial charge on any atom is -0.406 e. The van der Waals surface area contributed by atoms with Crippen molar-refractivity contribution in [3.8, 4) is 5.75 Å². The summed E-state index contributed by atoms with van der Waals surface area (Å²) in [5.41, 5.74) is 2.68. The van der Waals surface area contributed by atoms with Gasteiger partial charge in [-0.3, -0.25) is 9.48 Å². The average Bonchev–Trinajstić information content (AvgIpc) is 3.02. The van der Waals surface area contributed by atoms with E-state index in [2.05, 4.69) is 9.84 Å². The Hall–Kier alpha value is -3.16. The van der Waals surface area contributed by atoms with Gasteiger partial charge in [-0.25, -0.2) is 4.39 Å². The van der Waals surface area contributed by atoms with Gasteiger partial charge in [-0.05, 0) is 43.2 Å². The lowest BCUT2D eigenvalue weighted by Gasteiger charge is -2.10. The number of ketones is 1. The van der Waals surface area contributed by atoms with E-state index in [4.69, 9.17) is 0 Å². The van der Waals surface area contributed by atoms with Gasteiger partial charge in [-0.2, -0.15) is 5.10 Å². The van der Waals surface area contributed by atoms with Crippen LogP contribution in [0.2, 0.25) is 0 Å². The molecule has 0 aliphatic rings. The molecule has 3 aromatic rings. The molecule has 0 amide bonds. The van der Waals surface area contributed by atoms with Crippen LogP contribution < -0.4 is 4.74 Å². The van der Waals surface area contributed by atoms with Crippen LogP contribution in [-0.4, -0.2) is 21.9 Å². The van der Waals surface area contributed by atoms with Gasteiger partial charge in [0.05, 0.1) is 6.54 Å². The Morgan fingerprint density at radius 1 is 1.07 bits per heavy atom. The van der Waals surface area contributed by atoms with Crippen molar-refractivity contribution in [2.45, 2.75) is 32.9 Å². The highest BCUT2D eigenvalue weighted by atomic mass is 19.4. The molecule has 0 N–H and O–H groups in total. The van der Waals surface area contributed by atoms with Crippen molar-refractivity contribution in [1.29, 1.82) is 0 Å². The summed E-state index contributed by atoms with van der Waals surface area (Å²) >= 11 is 0.